The lowest BCUT2D eigenvalue weighted by atomic mass is 10.2. The van der Waals surface area contributed by atoms with Gasteiger partial charge in [0.2, 0.25) is 0 Å². The summed E-state index contributed by atoms with van der Waals surface area (Å²) in [6.45, 7) is 0. The summed E-state index contributed by atoms with van der Waals surface area (Å²) in [5.41, 5.74) is 7.96. The largest absolute Gasteiger partial charge is 0.389 e. The summed E-state index contributed by atoms with van der Waals surface area (Å²) < 4.78 is 0. The fraction of sp³-hybridized carbons (Fsp3) is 0.600. The first-order chi connectivity index (χ1) is 4.33. The van der Waals surface area contributed by atoms with E-state index >= 15 is 0 Å². The smallest absolute Gasteiger partial charge is 0.0727 e. The summed E-state index contributed by atoms with van der Waals surface area (Å²) in [6.07, 6.45) is 3.47. The molecule has 0 aromatic rings. The van der Waals surface area contributed by atoms with Gasteiger partial charge in [0.15, 0.2) is 0 Å². The molecule has 1 aliphatic rings. The maximum Gasteiger partial charge on any atom is 0.0727 e. The van der Waals surface area contributed by atoms with Crippen molar-refractivity contribution in [2.75, 3.05) is 0 Å². The number of hydrogen-bond donors (Lipinski definition) is 1. The van der Waals surface area contributed by atoms with E-state index in [4.69, 9.17) is 10.6 Å². The van der Waals surface area contributed by atoms with Gasteiger partial charge in [-0.2, -0.15) is 0 Å². The highest BCUT2D eigenvalue weighted by molar-refractivity contribution is 5.06. The summed E-state index contributed by atoms with van der Waals surface area (Å²) >= 11 is 0. The molecule has 4 nitrogen and oxygen atoms in total. The van der Waals surface area contributed by atoms with Crippen LogP contribution in [0.5, 0.6) is 0 Å². The quantitative estimate of drug-likeness (QED) is 0.241. The van der Waals surface area contributed by atoms with E-state index in [1.54, 1.807) is 12.2 Å². The second-order valence-corrected chi connectivity index (χ2v) is 1.96. The van der Waals surface area contributed by atoms with Crippen LogP contribution in [0.1, 0.15) is 6.42 Å². The van der Waals surface area contributed by atoms with Gasteiger partial charge in [0, 0.05) is 4.91 Å². The first-order valence-corrected chi connectivity index (χ1v) is 2.73. The Balaban J connectivity index is 2.50. The van der Waals surface area contributed by atoms with Gasteiger partial charge in [0.1, 0.15) is 0 Å². The van der Waals surface area contributed by atoms with Crippen LogP contribution in [-0.4, -0.2) is 17.3 Å². The molecule has 1 N–H and O–H groups in total. The number of aliphatic hydroxyl groups excluding tert-OH is 1. The fourth-order valence-electron chi connectivity index (χ4n) is 0.813. The maximum atomic E-state index is 8.86. The zero-order valence-electron chi connectivity index (χ0n) is 4.81. The van der Waals surface area contributed by atoms with Crippen LogP contribution in [0.25, 0.3) is 10.4 Å². The zero-order chi connectivity index (χ0) is 6.69. The number of nitrogens with zero attached hydrogens (tertiary/aromatic N) is 3. The van der Waals surface area contributed by atoms with Crippen molar-refractivity contribution >= 4 is 0 Å². The maximum absolute atomic E-state index is 8.86. The van der Waals surface area contributed by atoms with Crippen LogP contribution in [-0.2, 0) is 0 Å². The highest BCUT2D eigenvalue weighted by atomic mass is 16.3. The Bertz CT molecular complexity index is 171. The molecule has 9 heavy (non-hydrogen) atoms. The van der Waals surface area contributed by atoms with E-state index in [0.29, 0.717) is 6.42 Å². The van der Waals surface area contributed by atoms with Crippen molar-refractivity contribution < 1.29 is 5.11 Å². The van der Waals surface area contributed by atoms with Gasteiger partial charge in [-0.05, 0) is 12.0 Å². The number of hydrogen-bond acceptors (Lipinski definition) is 2. The van der Waals surface area contributed by atoms with Gasteiger partial charge in [-0.1, -0.05) is 17.3 Å². The molecule has 1 aliphatic carbocycles. The Morgan fingerprint density at radius 2 is 2.44 bits per heavy atom. The Labute approximate surface area is 52.4 Å². The van der Waals surface area contributed by atoms with E-state index in [1.807, 2.05) is 0 Å². The molecule has 0 spiro atoms. The van der Waals surface area contributed by atoms with Crippen molar-refractivity contribution in [3.63, 3.8) is 0 Å². The van der Waals surface area contributed by atoms with Gasteiger partial charge in [-0.3, -0.25) is 0 Å². The minimum Gasteiger partial charge on any atom is -0.389 e. The number of aliphatic hydroxyl groups is 1. The molecule has 0 saturated heterocycles. The molecule has 0 heterocycles. The Hall–Kier alpha value is -0.990. The summed E-state index contributed by atoms with van der Waals surface area (Å²) in [5, 5.41) is 12.3. The molecular formula is C5H7N3O. The zero-order valence-corrected chi connectivity index (χ0v) is 4.81. The first-order valence-electron chi connectivity index (χ1n) is 2.73. The molecule has 0 aliphatic heterocycles. The SMILES string of the molecule is [N-]=[N+]=N[C@H]1C=C[C@@H](O)C1. The minimum absolute atomic E-state index is 0.134. The van der Waals surface area contributed by atoms with E-state index in [-0.39, 0.29) is 6.04 Å². The summed E-state index contributed by atoms with van der Waals surface area (Å²) in [7, 11) is 0. The first kappa shape index (κ1) is 6.13. The van der Waals surface area contributed by atoms with Crippen molar-refractivity contribution in [2.45, 2.75) is 18.6 Å². The summed E-state index contributed by atoms with van der Waals surface area (Å²) in [6, 6.07) is -0.134. The van der Waals surface area contributed by atoms with Crippen molar-refractivity contribution in [1.29, 1.82) is 0 Å². The van der Waals surface area contributed by atoms with Gasteiger partial charge >= 0.3 is 0 Å². The number of azide groups is 1. The third-order valence-electron chi connectivity index (χ3n) is 1.24. The van der Waals surface area contributed by atoms with Crippen LogP contribution in [0, 0.1) is 0 Å². The molecule has 4 heteroatoms. The predicted molar refractivity (Wildman–Crippen MR) is 32.7 cm³/mol. The molecule has 0 aromatic carbocycles. The molecule has 1 rings (SSSR count). The van der Waals surface area contributed by atoms with E-state index in [9.17, 15) is 0 Å². The molecular weight excluding hydrogens is 118 g/mol. The van der Waals surface area contributed by atoms with Crippen LogP contribution in [0.2, 0.25) is 0 Å². The lowest BCUT2D eigenvalue weighted by Gasteiger charge is -1.97. The van der Waals surface area contributed by atoms with Crippen LogP contribution in [0.3, 0.4) is 0 Å². The van der Waals surface area contributed by atoms with Crippen LogP contribution in [0.15, 0.2) is 17.3 Å². The molecule has 0 fully saturated rings. The van der Waals surface area contributed by atoms with Gasteiger partial charge < -0.3 is 5.11 Å². The average Bonchev–Trinajstić information content (AvgIpc) is 2.17. The molecule has 0 unspecified atom stereocenters. The van der Waals surface area contributed by atoms with E-state index in [1.165, 1.54) is 0 Å². The standard InChI is InChI=1S/C5H7N3O/c6-8-7-4-1-2-5(9)3-4/h1-2,4-5,9H,3H2/t4-,5+/m0/s1. The Morgan fingerprint density at radius 3 is 2.89 bits per heavy atom. The highest BCUT2D eigenvalue weighted by Crippen LogP contribution is 2.13. The van der Waals surface area contributed by atoms with E-state index in [0.717, 1.165) is 0 Å². The van der Waals surface area contributed by atoms with Crippen molar-refractivity contribution in [3.05, 3.63) is 22.6 Å². The lowest BCUT2D eigenvalue weighted by molar-refractivity contribution is 0.218. The molecule has 0 bridgehead atoms. The number of rotatable bonds is 1. The Morgan fingerprint density at radius 1 is 1.67 bits per heavy atom. The van der Waals surface area contributed by atoms with Crippen molar-refractivity contribution in [1.82, 2.24) is 0 Å². The van der Waals surface area contributed by atoms with E-state index < -0.39 is 6.10 Å². The molecule has 48 valence electrons. The lowest BCUT2D eigenvalue weighted by Crippen LogP contribution is -2.02. The highest BCUT2D eigenvalue weighted by Gasteiger charge is 2.13. The second kappa shape index (κ2) is 2.53. The van der Waals surface area contributed by atoms with Crippen molar-refractivity contribution in [2.24, 2.45) is 5.11 Å². The summed E-state index contributed by atoms with van der Waals surface area (Å²) in [5.74, 6) is 0. The predicted octanol–water partition coefficient (Wildman–Crippen LogP) is 0.986. The summed E-state index contributed by atoms with van der Waals surface area (Å²) in [4.78, 5) is 2.61. The van der Waals surface area contributed by atoms with Crippen LogP contribution < -0.4 is 0 Å². The average molecular weight is 125 g/mol. The van der Waals surface area contributed by atoms with Gasteiger partial charge in [0.25, 0.3) is 0 Å². The van der Waals surface area contributed by atoms with Gasteiger partial charge in [-0.25, -0.2) is 0 Å². The molecule has 2 atom stereocenters. The van der Waals surface area contributed by atoms with Crippen LogP contribution in [0.4, 0.5) is 0 Å². The molecule has 0 aromatic heterocycles. The second-order valence-electron chi connectivity index (χ2n) is 1.96. The van der Waals surface area contributed by atoms with E-state index in [2.05, 4.69) is 10.0 Å². The normalized spacial score (nSPS) is 32.1. The molecule has 0 radical (unpaired) electrons. The minimum atomic E-state index is -0.416. The third kappa shape index (κ3) is 1.45. The Kier molecular flexibility index (Phi) is 1.72. The van der Waals surface area contributed by atoms with Crippen molar-refractivity contribution in [3.8, 4) is 0 Å². The van der Waals surface area contributed by atoms with Crippen LogP contribution >= 0.6 is 0 Å². The fourth-order valence-corrected chi connectivity index (χ4v) is 0.813. The molecule has 0 saturated carbocycles. The topological polar surface area (TPSA) is 69.0 Å². The molecule has 0 amide bonds. The van der Waals surface area contributed by atoms with Gasteiger partial charge in [-0.15, -0.1) is 0 Å². The third-order valence-corrected chi connectivity index (χ3v) is 1.24. The van der Waals surface area contributed by atoms with Gasteiger partial charge in [0.05, 0.1) is 12.1 Å². The monoisotopic (exact) mass is 125 g/mol.